The minimum Gasteiger partial charge on any atom is -0.391 e. The molecule has 2 nitrogen and oxygen atoms in total. The summed E-state index contributed by atoms with van der Waals surface area (Å²) < 4.78 is 0. The van der Waals surface area contributed by atoms with Gasteiger partial charge in [0.25, 0.3) is 0 Å². The molecule has 3 heteroatoms. The molecule has 2 atom stereocenters. The molecule has 3 rings (SSSR count). The van der Waals surface area contributed by atoms with Crippen LogP contribution in [0.25, 0.3) is 0 Å². The lowest BCUT2D eigenvalue weighted by atomic mass is 9.90. The number of rotatable bonds is 1. The van der Waals surface area contributed by atoms with Crippen LogP contribution in [0.15, 0.2) is 11.4 Å². The first-order chi connectivity index (χ1) is 7.84. The first-order valence-corrected chi connectivity index (χ1v) is 7.20. The smallest absolute Gasteiger partial charge is 0.0695 e. The van der Waals surface area contributed by atoms with Gasteiger partial charge in [-0.1, -0.05) is 12.8 Å². The molecule has 2 heterocycles. The highest BCUT2D eigenvalue weighted by molar-refractivity contribution is 7.10. The fraction of sp³-hybridized carbons (Fsp3) is 0.692. The molecule has 1 N–H and O–H groups in total. The van der Waals surface area contributed by atoms with Crippen LogP contribution in [0.2, 0.25) is 0 Å². The average molecular weight is 237 g/mol. The van der Waals surface area contributed by atoms with Crippen LogP contribution in [-0.2, 0) is 13.0 Å². The van der Waals surface area contributed by atoms with E-state index in [-0.39, 0.29) is 6.10 Å². The Hall–Kier alpha value is -0.380. The third kappa shape index (κ3) is 1.92. The van der Waals surface area contributed by atoms with Gasteiger partial charge in [-0.25, -0.2) is 0 Å². The molecule has 88 valence electrons. The van der Waals surface area contributed by atoms with E-state index in [0.717, 1.165) is 19.5 Å². The van der Waals surface area contributed by atoms with E-state index in [1.54, 1.807) is 4.88 Å². The van der Waals surface area contributed by atoms with Crippen molar-refractivity contribution in [3.63, 3.8) is 0 Å². The maximum atomic E-state index is 10.1. The third-order valence-corrected chi connectivity index (χ3v) is 5.02. The van der Waals surface area contributed by atoms with Crippen LogP contribution >= 0.6 is 11.3 Å². The van der Waals surface area contributed by atoms with Crippen molar-refractivity contribution < 1.29 is 5.11 Å². The number of aliphatic hydroxyl groups excluding tert-OH is 1. The van der Waals surface area contributed by atoms with Gasteiger partial charge in [0.05, 0.1) is 6.10 Å². The summed E-state index contributed by atoms with van der Waals surface area (Å²) in [6.45, 7) is 2.19. The Kier molecular flexibility index (Phi) is 3.01. The summed E-state index contributed by atoms with van der Waals surface area (Å²) >= 11 is 1.89. The van der Waals surface area contributed by atoms with E-state index >= 15 is 0 Å². The van der Waals surface area contributed by atoms with Crippen molar-refractivity contribution >= 4 is 11.3 Å². The molecule has 0 radical (unpaired) electrons. The Bertz CT molecular complexity index is 363. The van der Waals surface area contributed by atoms with E-state index in [9.17, 15) is 5.11 Å². The number of aliphatic hydroxyl groups is 1. The van der Waals surface area contributed by atoms with Crippen molar-refractivity contribution in [1.82, 2.24) is 4.90 Å². The highest BCUT2D eigenvalue weighted by atomic mass is 32.1. The summed E-state index contributed by atoms with van der Waals surface area (Å²) in [6.07, 6.45) is 5.76. The van der Waals surface area contributed by atoms with Crippen molar-refractivity contribution in [2.24, 2.45) is 0 Å². The van der Waals surface area contributed by atoms with E-state index in [2.05, 4.69) is 16.3 Å². The van der Waals surface area contributed by atoms with E-state index in [4.69, 9.17) is 0 Å². The SMILES string of the molecule is O[C@H]1CCCC[C@H]1N1CCc2sccc2C1. The van der Waals surface area contributed by atoms with Crippen LogP contribution in [0, 0.1) is 0 Å². The largest absolute Gasteiger partial charge is 0.391 e. The van der Waals surface area contributed by atoms with Crippen LogP contribution < -0.4 is 0 Å². The monoisotopic (exact) mass is 237 g/mol. The molecule has 1 aliphatic carbocycles. The van der Waals surface area contributed by atoms with E-state index in [0.29, 0.717) is 6.04 Å². The Morgan fingerprint density at radius 2 is 2.19 bits per heavy atom. The number of hydrogen-bond acceptors (Lipinski definition) is 3. The van der Waals surface area contributed by atoms with Gasteiger partial charge in [0.15, 0.2) is 0 Å². The van der Waals surface area contributed by atoms with Gasteiger partial charge in [0.1, 0.15) is 0 Å². The summed E-state index contributed by atoms with van der Waals surface area (Å²) in [5.41, 5.74) is 1.49. The van der Waals surface area contributed by atoms with Crippen molar-refractivity contribution in [1.29, 1.82) is 0 Å². The Morgan fingerprint density at radius 3 is 3.06 bits per heavy atom. The number of fused-ring (bicyclic) bond motifs is 1. The summed E-state index contributed by atoms with van der Waals surface area (Å²) in [6, 6.07) is 2.67. The first kappa shape index (κ1) is 10.8. The third-order valence-electron chi connectivity index (χ3n) is 4.00. The Labute approximate surface area is 101 Å². The van der Waals surface area contributed by atoms with Gasteiger partial charge >= 0.3 is 0 Å². The average Bonchev–Trinajstić information content (AvgIpc) is 2.76. The zero-order chi connectivity index (χ0) is 11.0. The molecule has 0 amide bonds. The zero-order valence-electron chi connectivity index (χ0n) is 9.56. The lowest BCUT2D eigenvalue weighted by Gasteiger charge is -2.39. The van der Waals surface area contributed by atoms with Crippen LogP contribution in [0.1, 0.15) is 36.1 Å². The topological polar surface area (TPSA) is 23.5 Å². The summed E-state index contributed by atoms with van der Waals surface area (Å²) in [4.78, 5) is 4.06. The normalized spacial score (nSPS) is 31.3. The molecule has 16 heavy (non-hydrogen) atoms. The lowest BCUT2D eigenvalue weighted by Crippen LogP contribution is -2.47. The molecule has 0 saturated heterocycles. The van der Waals surface area contributed by atoms with Gasteiger partial charge in [0.2, 0.25) is 0 Å². The standard InChI is InChI=1S/C13H19NOS/c15-12-4-2-1-3-11(12)14-7-5-13-10(9-14)6-8-16-13/h6,8,11-12,15H,1-5,7,9H2/t11-,12+/m1/s1. The summed E-state index contributed by atoms with van der Waals surface area (Å²) in [5, 5.41) is 12.3. The van der Waals surface area contributed by atoms with Gasteiger partial charge in [-0.3, -0.25) is 4.90 Å². The highest BCUT2D eigenvalue weighted by Crippen LogP contribution is 2.30. The molecule has 0 aromatic carbocycles. The molecular weight excluding hydrogens is 218 g/mol. The van der Waals surface area contributed by atoms with Crippen LogP contribution in [0.4, 0.5) is 0 Å². The molecule has 1 aromatic rings. The van der Waals surface area contributed by atoms with Crippen molar-refractivity contribution in [3.8, 4) is 0 Å². The van der Waals surface area contributed by atoms with Crippen LogP contribution in [0.5, 0.6) is 0 Å². The minimum absolute atomic E-state index is 0.0889. The van der Waals surface area contributed by atoms with Gasteiger partial charge in [0, 0.05) is 24.0 Å². The van der Waals surface area contributed by atoms with Crippen LogP contribution in [-0.4, -0.2) is 28.7 Å². The van der Waals surface area contributed by atoms with Crippen LogP contribution in [0.3, 0.4) is 0 Å². The van der Waals surface area contributed by atoms with E-state index in [1.165, 1.54) is 31.2 Å². The second-order valence-electron chi connectivity index (χ2n) is 5.01. The van der Waals surface area contributed by atoms with E-state index < -0.39 is 0 Å². The highest BCUT2D eigenvalue weighted by Gasteiger charge is 2.30. The predicted molar refractivity (Wildman–Crippen MR) is 66.7 cm³/mol. The first-order valence-electron chi connectivity index (χ1n) is 6.32. The minimum atomic E-state index is -0.0889. The van der Waals surface area contributed by atoms with E-state index in [1.807, 2.05) is 11.3 Å². The van der Waals surface area contributed by atoms with Crippen molar-refractivity contribution in [2.75, 3.05) is 6.54 Å². The number of nitrogens with zero attached hydrogens (tertiary/aromatic N) is 1. The Balaban J connectivity index is 1.72. The summed E-state index contributed by atoms with van der Waals surface area (Å²) in [7, 11) is 0. The molecular formula is C13H19NOS. The lowest BCUT2D eigenvalue weighted by molar-refractivity contribution is 0.0135. The van der Waals surface area contributed by atoms with Gasteiger partial charge in [-0.2, -0.15) is 0 Å². The quantitative estimate of drug-likeness (QED) is 0.811. The molecule has 1 saturated carbocycles. The molecule has 1 aliphatic heterocycles. The van der Waals surface area contributed by atoms with Gasteiger partial charge in [-0.15, -0.1) is 11.3 Å². The fourth-order valence-electron chi connectivity index (χ4n) is 3.07. The number of hydrogen-bond donors (Lipinski definition) is 1. The molecule has 0 spiro atoms. The van der Waals surface area contributed by atoms with Gasteiger partial charge in [-0.05, 0) is 36.3 Å². The molecule has 2 aliphatic rings. The fourth-order valence-corrected chi connectivity index (χ4v) is 3.96. The maximum Gasteiger partial charge on any atom is 0.0695 e. The molecule has 0 bridgehead atoms. The molecule has 1 fully saturated rings. The van der Waals surface area contributed by atoms with Crippen molar-refractivity contribution in [3.05, 3.63) is 21.9 Å². The summed E-state index contributed by atoms with van der Waals surface area (Å²) in [5.74, 6) is 0. The second kappa shape index (κ2) is 4.47. The van der Waals surface area contributed by atoms with Crippen molar-refractivity contribution in [2.45, 2.75) is 50.8 Å². The van der Waals surface area contributed by atoms with Gasteiger partial charge < -0.3 is 5.11 Å². The number of thiophene rings is 1. The Morgan fingerprint density at radius 1 is 1.31 bits per heavy atom. The second-order valence-corrected chi connectivity index (χ2v) is 6.01. The maximum absolute atomic E-state index is 10.1. The zero-order valence-corrected chi connectivity index (χ0v) is 10.4. The predicted octanol–water partition coefficient (Wildman–Crippen LogP) is 2.41. The molecule has 0 unspecified atom stereocenters. The molecule has 1 aromatic heterocycles.